The molecule has 0 radical (unpaired) electrons. The molecule has 7 aliphatic rings. The van der Waals surface area contributed by atoms with Crippen LogP contribution < -0.4 is 0 Å². The molecule has 7 saturated heterocycles. The number of hydrogen-bond donors (Lipinski definition) is 20. The summed E-state index contributed by atoms with van der Waals surface area (Å²) in [4.78, 5) is 0. The van der Waals surface area contributed by atoms with Gasteiger partial charge in [-0.2, -0.15) is 0 Å². The van der Waals surface area contributed by atoms with Crippen LogP contribution in [0.5, 0.6) is 0 Å². The third-order valence-electron chi connectivity index (χ3n) is 13.3. The van der Waals surface area contributed by atoms with E-state index in [1.165, 1.54) is 0 Å². The maximum Gasteiger partial charge on any atom is 0.187 e. The van der Waals surface area contributed by atoms with Gasteiger partial charge in [-0.3, -0.25) is 0 Å². The lowest BCUT2D eigenvalue weighted by atomic mass is 9.96. The summed E-state index contributed by atoms with van der Waals surface area (Å²) in [7, 11) is 0. The Balaban J connectivity index is 1.12. The Hall–Kier alpha value is -1.32. The molecular weight excluding hydrogens is 996 g/mol. The highest BCUT2D eigenvalue weighted by molar-refractivity contribution is 4.98. The van der Waals surface area contributed by atoms with Crippen molar-refractivity contribution < 1.29 is 164 Å². The normalized spacial score (nSPS) is 53.8. The second-order valence-corrected chi connectivity index (χ2v) is 18.3. The van der Waals surface area contributed by atoms with Gasteiger partial charge in [0.15, 0.2) is 44.0 Å². The summed E-state index contributed by atoms with van der Waals surface area (Å²) >= 11 is 0. The van der Waals surface area contributed by atoms with Crippen LogP contribution >= 0.6 is 0 Å². The Kier molecular flexibility index (Phi) is 20.3. The topological polar surface area (TPSA) is 525 Å². The zero-order valence-electron chi connectivity index (χ0n) is 37.7. The van der Waals surface area contributed by atoms with Crippen molar-refractivity contribution in [1.29, 1.82) is 0 Å². The van der Waals surface area contributed by atoms with E-state index in [1.54, 1.807) is 0 Å². The number of ether oxygens (including phenoxy) is 13. The molecule has 0 amide bonds. The molecule has 0 aromatic heterocycles. The Labute approximate surface area is 406 Å². The van der Waals surface area contributed by atoms with Crippen molar-refractivity contribution >= 4 is 0 Å². The zero-order chi connectivity index (χ0) is 52.6. The van der Waals surface area contributed by atoms with Crippen molar-refractivity contribution in [2.45, 2.75) is 197 Å². The molecule has 20 N–H and O–H groups in total. The van der Waals surface area contributed by atoms with E-state index in [-0.39, 0.29) is 0 Å². The maximum absolute atomic E-state index is 11.8. The third kappa shape index (κ3) is 12.5. The molecule has 7 fully saturated rings. The second-order valence-electron chi connectivity index (χ2n) is 18.3. The molecule has 0 saturated carbocycles. The molecule has 420 valence electrons. The first-order valence-corrected chi connectivity index (χ1v) is 22.9. The summed E-state index contributed by atoms with van der Waals surface area (Å²) in [5.41, 5.74) is 0. The first-order valence-electron chi connectivity index (χ1n) is 22.9. The Morgan fingerprint density at radius 1 is 0.292 bits per heavy atom. The van der Waals surface area contributed by atoms with Crippen LogP contribution in [0.2, 0.25) is 0 Å². The maximum atomic E-state index is 11.8. The lowest BCUT2D eigenvalue weighted by molar-refractivity contribution is -0.388. The fourth-order valence-corrected chi connectivity index (χ4v) is 8.83. The monoisotopic (exact) mass is 1060 g/mol. The SMILES string of the molecule is OC[C@H]1O[C@@H](O[C@H]2[C@@H](OC[C@H]3O[C@@H](O[C@H]4[C@H](O)[C@@H](O)[C@H](O)O[C@@H]4CO[C@H]4OC[C@@H](O)[C@H](O)[C@H]4O)[C@H](O)[C@@H](O)[C@@H]3O[C@@H]3O[C@H](CO[C@H]4OC[C@@H](O)[C@H](O)[C@H]4O)[C@@H](O)[C@H](O)[C@H]3O)OC[C@@H](O)[C@@H]2O)[C@H](O)[C@@H](O)[C@H]1O. The fourth-order valence-electron chi connectivity index (χ4n) is 8.83. The van der Waals surface area contributed by atoms with Crippen LogP contribution in [0, 0.1) is 0 Å². The number of aliphatic hydroxyl groups excluding tert-OH is 20. The van der Waals surface area contributed by atoms with Crippen LogP contribution in [0.3, 0.4) is 0 Å². The highest BCUT2D eigenvalue weighted by Gasteiger charge is 2.56. The van der Waals surface area contributed by atoms with Crippen molar-refractivity contribution in [3.63, 3.8) is 0 Å². The summed E-state index contributed by atoms with van der Waals surface area (Å²) < 4.78 is 72.7. The first-order chi connectivity index (χ1) is 34.0. The van der Waals surface area contributed by atoms with E-state index in [1.807, 2.05) is 0 Å². The van der Waals surface area contributed by atoms with Crippen LogP contribution in [-0.4, -0.2) is 345 Å². The molecular formula is C39H66O33. The van der Waals surface area contributed by atoms with E-state index in [4.69, 9.17) is 61.6 Å². The second kappa shape index (κ2) is 25.0. The quantitative estimate of drug-likeness (QED) is 0.0682. The molecule has 7 aliphatic heterocycles. The number of aliphatic hydroxyl groups is 20. The largest absolute Gasteiger partial charge is 0.394 e. The lowest BCUT2D eigenvalue weighted by Gasteiger charge is -2.48. The first kappa shape index (κ1) is 58.4. The number of hydrogen-bond acceptors (Lipinski definition) is 33. The molecule has 0 aromatic carbocycles. The molecule has 33 nitrogen and oxygen atoms in total. The third-order valence-corrected chi connectivity index (χ3v) is 13.3. The molecule has 72 heavy (non-hydrogen) atoms. The molecule has 33 heteroatoms. The molecule has 0 unspecified atom stereocenters. The Morgan fingerprint density at radius 3 is 1.14 bits per heavy atom. The number of rotatable bonds is 16. The average Bonchev–Trinajstić information content (AvgIpc) is 3.36. The Morgan fingerprint density at radius 2 is 0.639 bits per heavy atom. The zero-order valence-corrected chi connectivity index (χ0v) is 37.7. The minimum Gasteiger partial charge on any atom is -0.394 e. The van der Waals surface area contributed by atoms with Gasteiger partial charge in [0.05, 0.1) is 46.2 Å². The van der Waals surface area contributed by atoms with Crippen LogP contribution in [0.15, 0.2) is 0 Å². The summed E-state index contributed by atoms with van der Waals surface area (Å²) in [5.74, 6) is 0. The predicted octanol–water partition coefficient (Wildman–Crippen LogP) is -14.4. The Bertz CT molecular complexity index is 1660. The summed E-state index contributed by atoms with van der Waals surface area (Å²) in [5, 5.41) is 211. The van der Waals surface area contributed by atoms with E-state index in [0.717, 1.165) is 0 Å². The van der Waals surface area contributed by atoms with Gasteiger partial charge in [-0.1, -0.05) is 0 Å². The van der Waals surface area contributed by atoms with Gasteiger partial charge in [-0.15, -0.1) is 0 Å². The smallest absolute Gasteiger partial charge is 0.187 e. The van der Waals surface area contributed by atoms with Crippen molar-refractivity contribution in [3.8, 4) is 0 Å². The average molecular weight is 1060 g/mol. The minimum atomic E-state index is -2.28. The van der Waals surface area contributed by atoms with Gasteiger partial charge in [0.25, 0.3) is 0 Å². The van der Waals surface area contributed by atoms with Gasteiger partial charge in [-0.25, -0.2) is 0 Å². The van der Waals surface area contributed by atoms with Crippen molar-refractivity contribution in [2.75, 3.05) is 46.2 Å². The van der Waals surface area contributed by atoms with Crippen molar-refractivity contribution in [1.82, 2.24) is 0 Å². The summed E-state index contributed by atoms with van der Waals surface area (Å²) in [6.45, 7) is -4.96. The van der Waals surface area contributed by atoms with E-state index < -0.39 is 243 Å². The summed E-state index contributed by atoms with van der Waals surface area (Å²) in [6.07, 6.45) is -60.2. The minimum absolute atomic E-state index is 0.480. The van der Waals surface area contributed by atoms with Gasteiger partial charge in [-0.05, 0) is 0 Å². The lowest BCUT2D eigenvalue weighted by Crippen LogP contribution is -2.67. The van der Waals surface area contributed by atoms with Crippen LogP contribution in [-0.2, 0) is 61.6 Å². The van der Waals surface area contributed by atoms with Crippen LogP contribution in [0.25, 0.3) is 0 Å². The predicted molar refractivity (Wildman–Crippen MR) is 214 cm³/mol. The molecule has 0 bridgehead atoms. The van der Waals surface area contributed by atoms with E-state index in [0.29, 0.717) is 0 Å². The van der Waals surface area contributed by atoms with Crippen LogP contribution in [0.1, 0.15) is 0 Å². The van der Waals surface area contributed by atoms with E-state index in [2.05, 4.69) is 0 Å². The molecule has 7 heterocycles. The van der Waals surface area contributed by atoms with Gasteiger partial charge >= 0.3 is 0 Å². The van der Waals surface area contributed by atoms with E-state index >= 15 is 0 Å². The molecule has 7 rings (SSSR count). The van der Waals surface area contributed by atoms with Gasteiger partial charge in [0.1, 0.15) is 153 Å². The molecule has 32 atom stereocenters. The molecule has 0 spiro atoms. The van der Waals surface area contributed by atoms with Crippen molar-refractivity contribution in [2.24, 2.45) is 0 Å². The van der Waals surface area contributed by atoms with E-state index in [9.17, 15) is 102 Å². The highest BCUT2D eigenvalue weighted by Crippen LogP contribution is 2.35. The van der Waals surface area contributed by atoms with Gasteiger partial charge in [0, 0.05) is 0 Å². The standard InChI is InChI=1S/C39H66O33/c40-1-11-18(47)20(49)27(56)36(67-11)72-32-17(46)10(43)4-62-39(32)65-7-14-31(71-37-28(57)21(50)19(48)12(68-37)5-63-34-25(54)15(44)8(41)2-60-34)23(52)29(58)38(69-14)70-30-13(66-33(59)24(53)22(30)51)6-64-35-26(55)16(45)9(42)3-61-35/h8-59H,1-7H2/t8-,9-,10-,11-,12-,13-,14-,15+,16+,17+,18+,19-,20+,21+,22-,23-,24-,25-,26-,27-,28-,29-,30-,31-,32-,33-,34-,35-,36+,37+,38+,39-/m1/s1. The van der Waals surface area contributed by atoms with Gasteiger partial charge < -0.3 is 164 Å². The fraction of sp³-hybridized carbons (Fsp3) is 1.00. The van der Waals surface area contributed by atoms with Crippen molar-refractivity contribution in [3.05, 3.63) is 0 Å². The molecule has 0 aromatic rings. The highest BCUT2D eigenvalue weighted by atomic mass is 16.8. The van der Waals surface area contributed by atoms with Crippen LogP contribution in [0.4, 0.5) is 0 Å². The molecule has 0 aliphatic carbocycles. The van der Waals surface area contributed by atoms with Gasteiger partial charge in [0.2, 0.25) is 0 Å². The summed E-state index contributed by atoms with van der Waals surface area (Å²) in [6, 6.07) is 0.